The summed E-state index contributed by atoms with van der Waals surface area (Å²) in [5.41, 5.74) is 8.40. The third-order valence-corrected chi connectivity index (χ3v) is 5.64. The van der Waals surface area contributed by atoms with Crippen LogP contribution in [0.15, 0.2) is 58.4 Å². The summed E-state index contributed by atoms with van der Waals surface area (Å²) in [6.45, 7) is 3.56. The molecule has 0 amide bonds. The zero-order chi connectivity index (χ0) is 16.4. The summed E-state index contributed by atoms with van der Waals surface area (Å²) in [6, 6.07) is 16.8. The van der Waals surface area contributed by atoms with Crippen molar-refractivity contribution in [2.75, 3.05) is 19.6 Å². The van der Waals surface area contributed by atoms with Crippen LogP contribution in [0.4, 0.5) is 0 Å². The molecule has 4 nitrogen and oxygen atoms in total. The van der Waals surface area contributed by atoms with Crippen molar-refractivity contribution in [2.45, 2.75) is 12.5 Å². The zero-order valence-corrected chi connectivity index (χ0v) is 15.5. The average Bonchev–Trinajstić information content (AvgIpc) is 3.36. The van der Waals surface area contributed by atoms with Gasteiger partial charge in [-0.3, -0.25) is 4.90 Å². The molecular formula is C19H22ClN3OS. The number of hydrogen-bond donors (Lipinski definition) is 1. The van der Waals surface area contributed by atoms with Gasteiger partial charge in [-0.15, -0.1) is 23.7 Å². The van der Waals surface area contributed by atoms with Crippen molar-refractivity contribution in [2.24, 2.45) is 11.7 Å². The molecular weight excluding hydrogens is 354 g/mol. The highest BCUT2D eigenvalue weighted by molar-refractivity contribution is 7.13. The molecule has 3 heterocycles. The van der Waals surface area contributed by atoms with Crippen LogP contribution in [0.1, 0.15) is 17.2 Å². The lowest BCUT2D eigenvalue weighted by atomic mass is 9.89. The van der Waals surface area contributed by atoms with Crippen molar-refractivity contribution in [3.05, 3.63) is 65.2 Å². The highest BCUT2D eigenvalue weighted by Crippen LogP contribution is 2.33. The first kappa shape index (κ1) is 18.1. The summed E-state index contributed by atoms with van der Waals surface area (Å²) in [5.74, 6) is 1.85. The van der Waals surface area contributed by atoms with Crippen LogP contribution in [0.2, 0.25) is 0 Å². The van der Waals surface area contributed by atoms with Crippen LogP contribution in [0.3, 0.4) is 0 Å². The molecule has 4 rings (SSSR count). The minimum atomic E-state index is 0. The Bertz CT molecular complexity index is 775. The van der Waals surface area contributed by atoms with Gasteiger partial charge in [-0.1, -0.05) is 41.6 Å². The number of likely N-dealkylation sites (tertiary alicyclic amines) is 1. The van der Waals surface area contributed by atoms with E-state index in [-0.39, 0.29) is 12.4 Å². The normalized spacial score (nSPS) is 20.5. The molecule has 132 valence electrons. The summed E-state index contributed by atoms with van der Waals surface area (Å²) in [7, 11) is 0. The predicted octanol–water partition coefficient (Wildman–Crippen LogP) is 4.00. The second-order valence-corrected chi connectivity index (χ2v) is 7.31. The van der Waals surface area contributed by atoms with Gasteiger partial charge < -0.3 is 10.3 Å². The minimum absolute atomic E-state index is 0. The summed E-state index contributed by atoms with van der Waals surface area (Å²) in [4.78, 5) is 3.56. The van der Waals surface area contributed by atoms with Crippen molar-refractivity contribution in [3.63, 3.8) is 0 Å². The van der Waals surface area contributed by atoms with Gasteiger partial charge in [0.05, 0.1) is 10.6 Å². The average molecular weight is 376 g/mol. The number of nitrogens with zero attached hydrogens (tertiary/aromatic N) is 2. The van der Waals surface area contributed by atoms with Gasteiger partial charge in [-0.2, -0.15) is 0 Å². The molecule has 0 bridgehead atoms. The first-order chi connectivity index (χ1) is 11.8. The van der Waals surface area contributed by atoms with Crippen LogP contribution in [0, 0.1) is 5.92 Å². The third-order valence-electron chi connectivity index (χ3n) is 4.76. The Morgan fingerprint density at radius 3 is 2.72 bits per heavy atom. The van der Waals surface area contributed by atoms with Gasteiger partial charge in [0.15, 0.2) is 5.76 Å². The molecule has 1 aliphatic rings. The lowest BCUT2D eigenvalue weighted by molar-refractivity contribution is 0.303. The Morgan fingerprint density at radius 1 is 1.16 bits per heavy atom. The second-order valence-electron chi connectivity index (χ2n) is 6.37. The fourth-order valence-electron chi connectivity index (χ4n) is 3.56. The Balaban J connectivity index is 0.00000182. The maximum Gasteiger partial charge on any atom is 0.177 e. The summed E-state index contributed by atoms with van der Waals surface area (Å²) < 4.78 is 5.49. The van der Waals surface area contributed by atoms with Crippen LogP contribution in [0.25, 0.3) is 10.6 Å². The molecule has 6 heteroatoms. The van der Waals surface area contributed by atoms with E-state index in [2.05, 4.69) is 52.5 Å². The van der Waals surface area contributed by atoms with Gasteiger partial charge in [-0.05, 0) is 29.5 Å². The van der Waals surface area contributed by atoms with E-state index in [1.54, 1.807) is 11.3 Å². The summed E-state index contributed by atoms with van der Waals surface area (Å²) in [5, 5.41) is 6.29. The van der Waals surface area contributed by atoms with Crippen LogP contribution in [-0.4, -0.2) is 29.7 Å². The minimum Gasteiger partial charge on any atom is -0.355 e. The summed E-state index contributed by atoms with van der Waals surface area (Å²) >= 11 is 1.67. The second kappa shape index (κ2) is 8.15. The number of hydrogen-bond acceptors (Lipinski definition) is 5. The van der Waals surface area contributed by atoms with Crippen molar-refractivity contribution < 1.29 is 4.52 Å². The van der Waals surface area contributed by atoms with Crippen molar-refractivity contribution >= 4 is 23.7 Å². The first-order valence-electron chi connectivity index (χ1n) is 8.30. The molecule has 0 aliphatic carbocycles. The molecule has 2 aromatic heterocycles. The lowest BCUT2D eigenvalue weighted by Crippen LogP contribution is -2.23. The van der Waals surface area contributed by atoms with Gasteiger partial charge in [-0.25, -0.2) is 0 Å². The van der Waals surface area contributed by atoms with E-state index in [1.165, 1.54) is 5.56 Å². The Morgan fingerprint density at radius 2 is 2.00 bits per heavy atom. The molecule has 2 N–H and O–H groups in total. The van der Waals surface area contributed by atoms with Crippen LogP contribution in [-0.2, 0) is 6.54 Å². The third kappa shape index (κ3) is 3.96. The smallest absolute Gasteiger partial charge is 0.177 e. The molecule has 0 spiro atoms. The SMILES string of the molecule is Cl.NC[C@@H]1CN(Cc2cc(-c3cccs3)on2)C[C@H]1c1ccccc1. The maximum atomic E-state index is 6.03. The molecule has 1 fully saturated rings. The van der Waals surface area contributed by atoms with Gasteiger partial charge in [0.25, 0.3) is 0 Å². The molecule has 3 aromatic rings. The molecule has 1 aromatic carbocycles. The van der Waals surface area contributed by atoms with Gasteiger partial charge >= 0.3 is 0 Å². The van der Waals surface area contributed by atoms with E-state index in [0.29, 0.717) is 11.8 Å². The molecule has 25 heavy (non-hydrogen) atoms. The standard InChI is InChI=1S/C19H21N3OS.ClH/c20-10-15-11-22(13-17(15)14-5-2-1-3-6-14)12-16-9-18(23-21-16)19-7-4-8-24-19;/h1-9,15,17H,10-13,20H2;1H/t15-,17+;/m1./s1. The largest absolute Gasteiger partial charge is 0.355 e. The number of rotatable bonds is 5. The quantitative estimate of drug-likeness (QED) is 0.732. The van der Waals surface area contributed by atoms with Crippen LogP contribution >= 0.6 is 23.7 Å². The van der Waals surface area contributed by atoms with Crippen molar-refractivity contribution in [1.29, 1.82) is 0 Å². The topological polar surface area (TPSA) is 55.3 Å². The van der Waals surface area contributed by atoms with E-state index in [1.807, 2.05) is 11.4 Å². The first-order valence-corrected chi connectivity index (χ1v) is 9.18. The monoisotopic (exact) mass is 375 g/mol. The number of nitrogens with two attached hydrogens (primary N) is 1. The molecule has 1 aliphatic heterocycles. The molecule has 1 saturated heterocycles. The molecule has 0 radical (unpaired) electrons. The zero-order valence-electron chi connectivity index (χ0n) is 13.9. The summed E-state index contributed by atoms with van der Waals surface area (Å²) in [6.07, 6.45) is 0. The highest BCUT2D eigenvalue weighted by atomic mass is 35.5. The van der Waals surface area contributed by atoms with Gasteiger partial charge in [0, 0.05) is 31.6 Å². The predicted molar refractivity (Wildman–Crippen MR) is 104 cm³/mol. The molecule has 0 saturated carbocycles. The molecule has 0 unspecified atom stereocenters. The van der Waals surface area contributed by atoms with Gasteiger partial charge in [0.2, 0.25) is 0 Å². The molecule has 2 atom stereocenters. The van der Waals surface area contributed by atoms with E-state index in [0.717, 1.165) is 42.5 Å². The van der Waals surface area contributed by atoms with Gasteiger partial charge in [0.1, 0.15) is 0 Å². The van der Waals surface area contributed by atoms with Crippen molar-refractivity contribution in [3.8, 4) is 10.6 Å². The van der Waals surface area contributed by atoms with Crippen LogP contribution < -0.4 is 5.73 Å². The van der Waals surface area contributed by atoms with Crippen LogP contribution in [0.5, 0.6) is 0 Å². The lowest BCUT2D eigenvalue weighted by Gasteiger charge is -2.16. The number of thiophene rings is 1. The number of benzene rings is 1. The highest BCUT2D eigenvalue weighted by Gasteiger charge is 2.33. The van der Waals surface area contributed by atoms with E-state index in [4.69, 9.17) is 10.3 Å². The Labute approximate surface area is 158 Å². The Kier molecular flexibility index (Phi) is 5.91. The fraction of sp³-hybridized carbons (Fsp3) is 0.316. The maximum absolute atomic E-state index is 6.03. The van der Waals surface area contributed by atoms with E-state index < -0.39 is 0 Å². The van der Waals surface area contributed by atoms with Crippen molar-refractivity contribution in [1.82, 2.24) is 10.1 Å². The number of aromatic nitrogens is 1. The fourth-order valence-corrected chi connectivity index (χ4v) is 4.23. The van der Waals surface area contributed by atoms with E-state index in [9.17, 15) is 0 Å². The number of halogens is 1. The Hall–Kier alpha value is -1.66. The van der Waals surface area contributed by atoms with E-state index >= 15 is 0 Å².